The van der Waals surface area contributed by atoms with Crippen molar-refractivity contribution in [1.29, 1.82) is 0 Å². The van der Waals surface area contributed by atoms with Gasteiger partial charge in [0.25, 0.3) is 0 Å². The van der Waals surface area contributed by atoms with E-state index in [1.165, 1.54) is 5.56 Å². The van der Waals surface area contributed by atoms with Crippen LogP contribution in [0.25, 0.3) is 0 Å². The highest BCUT2D eigenvalue weighted by molar-refractivity contribution is 5.85. The van der Waals surface area contributed by atoms with Crippen LogP contribution in [0.5, 0.6) is 0 Å². The molecule has 1 atom stereocenters. The number of aliphatic hydroxyl groups is 1. The largest absolute Gasteiger partial charge is 0.396 e. The Bertz CT molecular complexity index is 306. The molecule has 17 heavy (non-hydrogen) atoms. The maximum Gasteiger partial charge on any atom is 0.0446 e. The molecule has 1 saturated heterocycles. The first-order valence-corrected chi connectivity index (χ1v) is 5.99. The number of benzene rings is 1. The first kappa shape index (κ1) is 14.5. The van der Waals surface area contributed by atoms with Gasteiger partial charge in [-0.3, -0.25) is 4.90 Å². The molecule has 1 heterocycles. The Morgan fingerprint density at radius 1 is 1.29 bits per heavy atom. The van der Waals surface area contributed by atoms with Gasteiger partial charge in [0.15, 0.2) is 0 Å². The number of rotatable bonds is 4. The molecule has 0 aromatic heterocycles. The fourth-order valence-corrected chi connectivity index (χ4v) is 2.26. The topological polar surface area (TPSA) is 35.5 Å². The Kier molecular flexibility index (Phi) is 6.52. The minimum absolute atomic E-state index is 0. The van der Waals surface area contributed by atoms with Gasteiger partial charge in [-0.05, 0) is 12.0 Å². The third-order valence-corrected chi connectivity index (χ3v) is 3.16. The number of nitrogens with zero attached hydrogens (tertiary/aromatic N) is 1. The van der Waals surface area contributed by atoms with Crippen LogP contribution in [0.2, 0.25) is 0 Å². The Hall–Kier alpha value is -0.610. The second-order valence-corrected chi connectivity index (χ2v) is 4.33. The van der Waals surface area contributed by atoms with Crippen LogP contribution in [0.1, 0.15) is 12.0 Å². The number of halogens is 1. The van der Waals surface area contributed by atoms with E-state index in [1.807, 2.05) is 6.07 Å². The van der Waals surface area contributed by atoms with Crippen molar-refractivity contribution in [2.75, 3.05) is 26.2 Å². The van der Waals surface area contributed by atoms with Crippen LogP contribution >= 0.6 is 12.4 Å². The van der Waals surface area contributed by atoms with Crippen molar-refractivity contribution in [1.82, 2.24) is 10.2 Å². The van der Waals surface area contributed by atoms with Crippen LogP contribution in [0.15, 0.2) is 30.3 Å². The lowest BCUT2D eigenvalue weighted by Gasteiger charge is -2.36. The molecule has 0 spiro atoms. The van der Waals surface area contributed by atoms with Gasteiger partial charge in [-0.2, -0.15) is 0 Å². The van der Waals surface area contributed by atoms with Crippen LogP contribution in [-0.2, 0) is 6.54 Å². The van der Waals surface area contributed by atoms with Crippen LogP contribution in [-0.4, -0.2) is 42.3 Å². The average molecular weight is 257 g/mol. The van der Waals surface area contributed by atoms with E-state index >= 15 is 0 Å². The van der Waals surface area contributed by atoms with Gasteiger partial charge in [0.05, 0.1) is 0 Å². The smallest absolute Gasteiger partial charge is 0.0446 e. The SMILES string of the molecule is Cl.OCCC1CNCCN1Cc1ccccc1. The van der Waals surface area contributed by atoms with E-state index in [-0.39, 0.29) is 19.0 Å². The summed E-state index contributed by atoms with van der Waals surface area (Å²) >= 11 is 0. The zero-order valence-corrected chi connectivity index (χ0v) is 10.8. The third kappa shape index (κ3) is 4.28. The molecule has 2 N–H and O–H groups in total. The van der Waals surface area contributed by atoms with Gasteiger partial charge in [-0.1, -0.05) is 30.3 Å². The molecule has 1 aliphatic heterocycles. The first-order chi connectivity index (χ1) is 7.90. The summed E-state index contributed by atoms with van der Waals surface area (Å²) in [4.78, 5) is 2.46. The normalized spacial score (nSPS) is 20.9. The van der Waals surface area contributed by atoms with Crippen molar-refractivity contribution in [2.45, 2.75) is 19.0 Å². The molecule has 4 heteroatoms. The lowest BCUT2D eigenvalue weighted by molar-refractivity contribution is 0.123. The van der Waals surface area contributed by atoms with Gasteiger partial charge in [-0.15, -0.1) is 12.4 Å². The van der Waals surface area contributed by atoms with Gasteiger partial charge in [0.2, 0.25) is 0 Å². The highest BCUT2D eigenvalue weighted by Gasteiger charge is 2.21. The standard InChI is InChI=1S/C13H20N2O.ClH/c16-9-6-13-10-14-7-8-15(13)11-12-4-2-1-3-5-12;/h1-5,13-14,16H,6-11H2;1H. The number of nitrogens with one attached hydrogen (secondary N) is 1. The summed E-state index contributed by atoms with van der Waals surface area (Å²) < 4.78 is 0. The number of aliphatic hydroxyl groups excluding tert-OH is 1. The highest BCUT2D eigenvalue weighted by atomic mass is 35.5. The Labute approximate surface area is 109 Å². The molecular formula is C13H21ClN2O. The minimum Gasteiger partial charge on any atom is -0.396 e. The summed E-state index contributed by atoms with van der Waals surface area (Å²) in [5.41, 5.74) is 1.35. The van der Waals surface area contributed by atoms with E-state index in [0.717, 1.165) is 32.6 Å². The van der Waals surface area contributed by atoms with Crippen molar-refractivity contribution in [3.63, 3.8) is 0 Å². The minimum atomic E-state index is 0. The van der Waals surface area contributed by atoms with Crippen molar-refractivity contribution in [3.8, 4) is 0 Å². The van der Waals surface area contributed by atoms with Gasteiger partial charge in [0, 0.05) is 38.8 Å². The van der Waals surface area contributed by atoms with E-state index < -0.39 is 0 Å². The van der Waals surface area contributed by atoms with Crippen molar-refractivity contribution in [3.05, 3.63) is 35.9 Å². The lowest BCUT2D eigenvalue weighted by Crippen LogP contribution is -2.51. The second kappa shape index (κ2) is 7.67. The number of hydrogen-bond donors (Lipinski definition) is 2. The Morgan fingerprint density at radius 3 is 2.76 bits per heavy atom. The summed E-state index contributed by atoms with van der Waals surface area (Å²) in [7, 11) is 0. The van der Waals surface area contributed by atoms with Crippen LogP contribution in [0.4, 0.5) is 0 Å². The van der Waals surface area contributed by atoms with Crippen molar-refractivity contribution >= 4 is 12.4 Å². The predicted molar refractivity (Wildman–Crippen MR) is 72.5 cm³/mol. The molecule has 0 radical (unpaired) electrons. The number of hydrogen-bond acceptors (Lipinski definition) is 3. The molecule has 96 valence electrons. The third-order valence-electron chi connectivity index (χ3n) is 3.16. The lowest BCUT2D eigenvalue weighted by atomic mass is 10.1. The second-order valence-electron chi connectivity index (χ2n) is 4.33. The predicted octanol–water partition coefficient (Wildman–Crippen LogP) is 1.26. The molecule has 1 fully saturated rings. The van der Waals surface area contributed by atoms with Crippen LogP contribution < -0.4 is 5.32 Å². The summed E-state index contributed by atoms with van der Waals surface area (Å²) in [6.45, 7) is 4.38. The maximum atomic E-state index is 9.05. The molecule has 1 unspecified atom stereocenters. The fraction of sp³-hybridized carbons (Fsp3) is 0.538. The molecule has 1 aromatic carbocycles. The van der Waals surface area contributed by atoms with Crippen molar-refractivity contribution in [2.24, 2.45) is 0 Å². The van der Waals surface area contributed by atoms with Crippen LogP contribution in [0, 0.1) is 0 Å². The zero-order valence-electron chi connectivity index (χ0n) is 10.0. The molecule has 0 amide bonds. The molecule has 0 bridgehead atoms. The van der Waals surface area contributed by atoms with Crippen molar-refractivity contribution < 1.29 is 5.11 Å². The summed E-state index contributed by atoms with van der Waals surface area (Å²) in [5, 5.41) is 12.4. The molecule has 2 rings (SSSR count). The monoisotopic (exact) mass is 256 g/mol. The molecule has 0 aliphatic carbocycles. The Balaban J connectivity index is 0.00000144. The van der Waals surface area contributed by atoms with Gasteiger partial charge < -0.3 is 10.4 Å². The maximum absolute atomic E-state index is 9.05. The van der Waals surface area contributed by atoms with E-state index in [2.05, 4.69) is 34.5 Å². The molecule has 1 aliphatic rings. The average Bonchev–Trinajstić information content (AvgIpc) is 2.33. The van der Waals surface area contributed by atoms with E-state index in [0.29, 0.717) is 6.04 Å². The Morgan fingerprint density at radius 2 is 2.06 bits per heavy atom. The molecule has 0 saturated carbocycles. The van der Waals surface area contributed by atoms with Crippen LogP contribution in [0.3, 0.4) is 0 Å². The number of piperazine rings is 1. The molecular weight excluding hydrogens is 236 g/mol. The van der Waals surface area contributed by atoms with Gasteiger partial charge in [0.1, 0.15) is 0 Å². The quantitative estimate of drug-likeness (QED) is 0.852. The van der Waals surface area contributed by atoms with E-state index in [4.69, 9.17) is 5.11 Å². The fourth-order valence-electron chi connectivity index (χ4n) is 2.26. The first-order valence-electron chi connectivity index (χ1n) is 5.99. The highest BCUT2D eigenvalue weighted by Crippen LogP contribution is 2.12. The van der Waals surface area contributed by atoms with Gasteiger partial charge >= 0.3 is 0 Å². The summed E-state index contributed by atoms with van der Waals surface area (Å²) in [6.07, 6.45) is 0.861. The van der Waals surface area contributed by atoms with E-state index in [9.17, 15) is 0 Å². The summed E-state index contributed by atoms with van der Waals surface area (Å²) in [6, 6.07) is 11.0. The zero-order chi connectivity index (χ0) is 11.2. The molecule has 1 aromatic rings. The van der Waals surface area contributed by atoms with Gasteiger partial charge in [-0.25, -0.2) is 0 Å². The molecule has 3 nitrogen and oxygen atoms in total. The summed E-state index contributed by atoms with van der Waals surface area (Å²) in [5.74, 6) is 0. The van der Waals surface area contributed by atoms with E-state index in [1.54, 1.807) is 0 Å².